The van der Waals surface area contributed by atoms with Crippen molar-refractivity contribution in [3.63, 3.8) is 0 Å². The zero-order valence-electron chi connectivity index (χ0n) is 16.8. The van der Waals surface area contributed by atoms with Gasteiger partial charge in [-0.05, 0) is 49.5 Å². The number of halogens is 2. The van der Waals surface area contributed by atoms with Gasteiger partial charge in [0.25, 0.3) is 5.91 Å². The quantitative estimate of drug-likeness (QED) is 0.493. The standard InChI is InChI=1S/C21H26BrClN2O4/c1-4-25(5-2)10-11-28-18-9-7-16(13-17(18)23)24-21(26)14-29-19-8-6-15(22)12-20(19)27-3/h6-9,12-13H,4-5,10-11,14H2,1-3H3,(H,24,26). The molecule has 1 amide bonds. The van der Waals surface area contributed by atoms with Gasteiger partial charge in [-0.25, -0.2) is 0 Å². The number of hydrogen-bond donors (Lipinski definition) is 1. The molecular weight excluding hydrogens is 460 g/mol. The lowest BCUT2D eigenvalue weighted by Crippen LogP contribution is -2.27. The summed E-state index contributed by atoms with van der Waals surface area (Å²) < 4.78 is 17.4. The third-order valence-electron chi connectivity index (χ3n) is 4.26. The number of benzene rings is 2. The summed E-state index contributed by atoms with van der Waals surface area (Å²) >= 11 is 9.64. The number of carbonyl (C=O) groups excluding carboxylic acids is 1. The van der Waals surface area contributed by atoms with E-state index in [2.05, 4.69) is 40.0 Å². The van der Waals surface area contributed by atoms with Crippen molar-refractivity contribution < 1.29 is 19.0 Å². The number of nitrogens with one attached hydrogen (secondary N) is 1. The molecule has 2 rings (SSSR count). The van der Waals surface area contributed by atoms with Crippen LogP contribution in [0.15, 0.2) is 40.9 Å². The van der Waals surface area contributed by atoms with Crippen LogP contribution in [0.1, 0.15) is 13.8 Å². The molecule has 0 heterocycles. The van der Waals surface area contributed by atoms with Crippen molar-refractivity contribution >= 4 is 39.1 Å². The van der Waals surface area contributed by atoms with E-state index in [4.69, 9.17) is 25.8 Å². The van der Waals surface area contributed by atoms with Crippen molar-refractivity contribution in [3.8, 4) is 17.2 Å². The number of ether oxygens (including phenoxy) is 3. The maximum atomic E-state index is 12.2. The Kier molecular flexibility index (Phi) is 9.57. The van der Waals surface area contributed by atoms with Gasteiger partial charge in [0.1, 0.15) is 12.4 Å². The summed E-state index contributed by atoms with van der Waals surface area (Å²) in [5.74, 6) is 1.32. The average Bonchev–Trinajstić information content (AvgIpc) is 2.71. The number of nitrogens with zero attached hydrogens (tertiary/aromatic N) is 1. The molecule has 1 N–H and O–H groups in total. The van der Waals surface area contributed by atoms with Gasteiger partial charge in [0.05, 0.1) is 12.1 Å². The second kappa shape index (κ2) is 11.9. The zero-order valence-corrected chi connectivity index (χ0v) is 19.2. The van der Waals surface area contributed by atoms with Gasteiger partial charge in [0.2, 0.25) is 0 Å². The van der Waals surface area contributed by atoms with E-state index in [1.807, 2.05) is 6.07 Å². The fourth-order valence-corrected chi connectivity index (χ4v) is 3.20. The van der Waals surface area contributed by atoms with Crippen LogP contribution < -0.4 is 19.5 Å². The van der Waals surface area contributed by atoms with Crippen LogP contribution in [-0.2, 0) is 4.79 Å². The minimum Gasteiger partial charge on any atom is -0.493 e. The molecule has 29 heavy (non-hydrogen) atoms. The molecule has 0 saturated heterocycles. The topological polar surface area (TPSA) is 60.0 Å². The number of carbonyl (C=O) groups is 1. The van der Waals surface area contributed by atoms with Gasteiger partial charge in [0, 0.05) is 16.7 Å². The van der Waals surface area contributed by atoms with Gasteiger partial charge in [-0.2, -0.15) is 0 Å². The number of likely N-dealkylation sites (N-methyl/N-ethyl adjacent to an activating group) is 1. The largest absolute Gasteiger partial charge is 0.493 e. The molecule has 2 aromatic carbocycles. The number of rotatable bonds is 11. The van der Waals surface area contributed by atoms with E-state index >= 15 is 0 Å². The number of amides is 1. The lowest BCUT2D eigenvalue weighted by Gasteiger charge is -2.18. The van der Waals surface area contributed by atoms with Gasteiger partial charge < -0.3 is 24.4 Å². The molecule has 2 aromatic rings. The summed E-state index contributed by atoms with van der Waals surface area (Å²) in [4.78, 5) is 14.5. The Morgan fingerprint density at radius 3 is 2.45 bits per heavy atom. The Morgan fingerprint density at radius 2 is 1.79 bits per heavy atom. The third-order valence-corrected chi connectivity index (χ3v) is 5.05. The molecule has 0 bridgehead atoms. The summed E-state index contributed by atoms with van der Waals surface area (Å²) in [5.41, 5.74) is 0.572. The maximum Gasteiger partial charge on any atom is 0.262 e. The normalized spacial score (nSPS) is 10.7. The Balaban J connectivity index is 1.87. The number of methoxy groups -OCH3 is 1. The predicted molar refractivity (Wildman–Crippen MR) is 120 cm³/mol. The molecule has 0 aromatic heterocycles. The Labute approximate surface area is 185 Å². The fraction of sp³-hybridized carbons (Fsp3) is 0.381. The van der Waals surface area contributed by atoms with Crippen LogP contribution >= 0.6 is 27.5 Å². The number of hydrogen-bond acceptors (Lipinski definition) is 5. The van der Waals surface area contributed by atoms with Crippen molar-refractivity contribution in [2.45, 2.75) is 13.8 Å². The molecular formula is C21H26BrClN2O4. The first kappa shape index (κ1) is 23.3. The SMILES string of the molecule is CCN(CC)CCOc1ccc(NC(=O)COc2ccc(Br)cc2OC)cc1Cl. The van der Waals surface area contributed by atoms with Crippen LogP contribution in [0.25, 0.3) is 0 Å². The highest BCUT2D eigenvalue weighted by Gasteiger charge is 2.10. The summed E-state index contributed by atoms with van der Waals surface area (Å²) in [6, 6.07) is 10.5. The zero-order chi connectivity index (χ0) is 21.2. The Morgan fingerprint density at radius 1 is 1.07 bits per heavy atom. The van der Waals surface area contributed by atoms with Crippen LogP contribution in [0.4, 0.5) is 5.69 Å². The maximum absolute atomic E-state index is 12.2. The molecule has 0 atom stereocenters. The van der Waals surface area contributed by atoms with Crippen LogP contribution in [0.5, 0.6) is 17.2 Å². The molecule has 0 radical (unpaired) electrons. The first-order valence-corrected chi connectivity index (χ1v) is 10.5. The van der Waals surface area contributed by atoms with Gasteiger partial charge in [-0.1, -0.05) is 41.4 Å². The predicted octanol–water partition coefficient (Wildman–Crippen LogP) is 4.85. The molecule has 0 aliphatic carbocycles. The Hall–Kier alpha value is -1.96. The molecule has 0 aliphatic rings. The van der Waals surface area contributed by atoms with Crippen molar-refractivity contribution in [3.05, 3.63) is 45.9 Å². The lowest BCUT2D eigenvalue weighted by atomic mass is 10.3. The molecule has 0 spiro atoms. The third kappa shape index (κ3) is 7.42. The second-order valence-electron chi connectivity index (χ2n) is 6.15. The minimum atomic E-state index is -0.304. The van der Waals surface area contributed by atoms with Gasteiger partial charge in [0.15, 0.2) is 18.1 Å². The van der Waals surface area contributed by atoms with Crippen LogP contribution in [0.3, 0.4) is 0 Å². The molecule has 0 fully saturated rings. The van der Waals surface area contributed by atoms with Crippen molar-refractivity contribution in [2.75, 3.05) is 45.3 Å². The van der Waals surface area contributed by atoms with Crippen molar-refractivity contribution in [1.82, 2.24) is 4.90 Å². The van der Waals surface area contributed by atoms with Gasteiger partial charge >= 0.3 is 0 Å². The van der Waals surface area contributed by atoms with E-state index < -0.39 is 0 Å². The summed E-state index contributed by atoms with van der Waals surface area (Å²) in [5, 5.41) is 3.20. The highest BCUT2D eigenvalue weighted by Crippen LogP contribution is 2.30. The first-order chi connectivity index (χ1) is 14.0. The minimum absolute atomic E-state index is 0.155. The number of anilines is 1. The van der Waals surface area contributed by atoms with E-state index in [0.717, 1.165) is 24.1 Å². The smallest absolute Gasteiger partial charge is 0.262 e. The summed E-state index contributed by atoms with van der Waals surface area (Å²) in [7, 11) is 1.54. The van der Waals surface area contributed by atoms with E-state index in [1.54, 1.807) is 37.4 Å². The van der Waals surface area contributed by atoms with Crippen LogP contribution in [0.2, 0.25) is 5.02 Å². The van der Waals surface area contributed by atoms with Crippen LogP contribution in [-0.4, -0.2) is 50.8 Å². The van der Waals surface area contributed by atoms with E-state index in [9.17, 15) is 4.79 Å². The average molecular weight is 486 g/mol. The van der Waals surface area contributed by atoms with E-state index in [0.29, 0.717) is 34.6 Å². The molecule has 6 nitrogen and oxygen atoms in total. The van der Waals surface area contributed by atoms with E-state index in [1.165, 1.54) is 0 Å². The fourth-order valence-electron chi connectivity index (χ4n) is 2.62. The van der Waals surface area contributed by atoms with Crippen molar-refractivity contribution in [1.29, 1.82) is 0 Å². The highest BCUT2D eigenvalue weighted by molar-refractivity contribution is 9.10. The Bertz CT molecular complexity index is 815. The molecule has 0 saturated carbocycles. The van der Waals surface area contributed by atoms with Crippen LogP contribution in [0, 0.1) is 0 Å². The lowest BCUT2D eigenvalue weighted by molar-refractivity contribution is -0.118. The highest BCUT2D eigenvalue weighted by atomic mass is 79.9. The molecule has 8 heteroatoms. The van der Waals surface area contributed by atoms with Crippen molar-refractivity contribution in [2.24, 2.45) is 0 Å². The van der Waals surface area contributed by atoms with Gasteiger partial charge in [-0.3, -0.25) is 4.79 Å². The summed E-state index contributed by atoms with van der Waals surface area (Å²) in [6.45, 7) is 7.42. The monoisotopic (exact) mass is 484 g/mol. The first-order valence-electron chi connectivity index (χ1n) is 9.37. The molecule has 0 unspecified atom stereocenters. The van der Waals surface area contributed by atoms with Gasteiger partial charge in [-0.15, -0.1) is 0 Å². The molecule has 158 valence electrons. The summed E-state index contributed by atoms with van der Waals surface area (Å²) in [6.07, 6.45) is 0. The molecule has 0 aliphatic heterocycles. The van der Waals surface area contributed by atoms with E-state index in [-0.39, 0.29) is 12.5 Å². The second-order valence-corrected chi connectivity index (χ2v) is 7.48.